The van der Waals surface area contributed by atoms with Gasteiger partial charge >= 0.3 is 0 Å². The standard InChI is InChI=1S/C26H24N2O5/c1-15-11-16(2)25(33-4)20(12-15)23(29)21-22(17-7-6-10-27-14-17)28(26(31)24(21)30)18-8-5-9-19(13-18)32-3/h5-14,22,29H,1-4H3/b23-21+. The van der Waals surface area contributed by atoms with Crippen molar-refractivity contribution in [3.63, 3.8) is 0 Å². The number of ketones is 1. The monoisotopic (exact) mass is 444 g/mol. The lowest BCUT2D eigenvalue weighted by Gasteiger charge is -2.25. The fourth-order valence-corrected chi connectivity index (χ4v) is 4.26. The molecule has 4 rings (SSSR count). The van der Waals surface area contributed by atoms with Crippen LogP contribution in [0.25, 0.3) is 5.76 Å². The highest BCUT2D eigenvalue weighted by Crippen LogP contribution is 2.44. The van der Waals surface area contributed by atoms with E-state index in [1.807, 2.05) is 19.9 Å². The minimum absolute atomic E-state index is 0.0286. The van der Waals surface area contributed by atoms with Crippen molar-refractivity contribution in [3.8, 4) is 11.5 Å². The van der Waals surface area contributed by atoms with Crippen LogP contribution in [0.3, 0.4) is 0 Å². The Labute approximate surface area is 191 Å². The molecule has 0 spiro atoms. The van der Waals surface area contributed by atoms with E-state index >= 15 is 0 Å². The maximum Gasteiger partial charge on any atom is 0.300 e. The van der Waals surface area contributed by atoms with E-state index in [1.54, 1.807) is 54.9 Å². The minimum atomic E-state index is -0.878. The van der Waals surface area contributed by atoms with Gasteiger partial charge in [0.25, 0.3) is 11.7 Å². The molecule has 0 saturated carbocycles. The van der Waals surface area contributed by atoms with E-state index in [9.17, 15) is 14.7 Å². The topological polar surface area (TPSA) is 89.0 Å². The molecule has 1 fully saturated rings. The van der Waals surface area contributed by atoms with Crippen molar-refractivity contribution < 1.29 is 24.2 Å². The average molecular weight is 444 g/mol. The molecule has 1 N–H and O–H groups in total. The number of aromatic nitrogens is 1. The number of amides is 1. The lowest BCUT2D eigenvalue weighted by Crippen LogP contribution is -2.29. The molecule has 1 atom stereocenters. The van der Waals surface area contributed by atoms with E-state index in [0.29, 0.717) is 28.3 Å². The van der Waals surface area contributed by atoms with Crippen LogP contribution in [0, 0.1) is 13.8 Å². The predicted octanol–water partition coefficient (Wildman–Crippen LogP) is 4.34. The fourth-order valence-electron chi connectivity index (χ4n) is 4.26. The third-order valence-electron chi connectivity index (χ3n) is 5.65. The fraction of sp³-hybridized carbons (Fsp3) is 0.192. The molecule has 33 heavy (non-hydrogen) atoms. The van der Waals surface area contributed by atoms with Crippen LogP contribution < -0.4 is 14.4 Å². The Morgan fingerprint density at radius 3 is 2.48 bits per heavy atom. The van der Waals surface area contributed by atoms with Crippen molar-refractivity contribution in [2.24, 2.45) is 0 Å². The second-order valence-corrected chi connectivity index (χ2v) is 7.82. The van der Waals surface area contributed by atoms with Crippen LogP contribution in [-0.2, 0) is 9.59 Å². The van der Waals surface area contributed by atoms with Gasteiger partial charge in [-0.25, -0.2) is 0 Å². The largest absolute Gasteiger partial charge is 0.507 e. The Morgan fingerprint density at radius 1 is 1.03 bits per heavy atom. The molecule has 1 aromatic heterocycles. The summed E-state index contributed by atoms with van der Waals surface area (Å²) in [5, 5.41) is 11.4. The number of hydrogen-bond acceptors (Lipinski definition) is 6. The zero-order valence-corrected chi connectivity index (χ0v) is 18.8. The van der Waals surface area contributed by atoms with Crippen LogP contribution in [0.1, 0.15) is 28.3 Å². The summed E-state index contributed by atoms with van der Waals surface area (Å²) in [5.74, 6) is -0.852. The van der Waals surface area contributed by atoms with E-state index in [-0.39, 0.29) is 11.3 Å². The molecule has 7 nitrogen and oxygen atoms in total. The van der Waals surface area contributed by atoms with E-state index in [2.05, 4.69) is 4.98 Å². The number of pyridine rings is 1. The van der Waals surface area contributed by atoms with Gasteiger partial charge in [0.15, 0.2) is 0 Å². The molecule has 1 aliphatic heterocycles. The van der Waals surface area contributed by atoms with Crippen LogP contribution >= 0.6 is 0 Å². The molecule has 2 heterocycles. The average Bonchev–Trinajstić information content (AvgIpc) is 3.09. The number of aliphatic hydroxyl groups is 1. The van der Waals surface area contributed by atoms with E-state index < -0.39 is 17.7 Å². The molecule has 0 aliphatic carbocycles. The molecule has 7 heteroatoms. The number of methoxy groups -OCH3 is 2. The first-order chi connectivity index (χ1) is 15.9. The zero-order chi connectivity index (χ0) is 23.7. The maximum atomic E-state index is 13.3. The number of nitrogens with zero attached hydrogens (tertiary/aromatic N) is 2. The van der Waals surface area contributed by atoms with E-state index in [0.717, 1.165) is 11.1 Å². The van der Waals surface area contributed by atoms with Crippen LogP contribution in [0.5, 0.6) is 11.5 Å². The van der Waals surface area contributed by atoms with Crippen LogP contribution in [0.15, 0.2) is 66.5 Å². The van der Waals surface area contributed by atoms with E-state index in [4.69, 9.17) is 9.47 Å². The van der Waals surface area contributed by atoms with Gasteiger partial charge in [-0.05, 0) is 54.8 Å². The summed E-state index contributed by atoms with van der Waals surface area (Å²) >= 11 is 0. The molecular formula is C26H24N2O5. The van der Waals surface area contributed by atoms with Gasteiger partial charge in [0.05, 0.1) is 31.4 Å². The summed E-state index contributed by atoms with van der Waals surface area (Å²) < 4.78 is 10.8. The molecule has 1 unspecified atom stereocenters. The molecule has 2 aromatic carbocycles. The van der Waals surface area contributed by atoms with Gasteiger partial charge in [-0.3, -0.25) is 19.5 Å². The number of anilines is 1. The number of benzene rings is 2. The van der Waals surface area contributed by atoms with Gasteiger partial charge in [0.1, 0.15) is 17.3 Å². The van der Waals surface area contributed by atoms with Gasteiger partial charge in [-0.2, -0.15) is 0 Å². The molecule has 168 valence electrons. The summed E-state index contributed by atoms with van der Waals surface area (Å²) in [6, 6.07) is 13.1. The number of carbonyl (C=O) groups is 2. The number of rotatable bonds is 5. The summed E-state index contributed by atoms with van der Waals surface area (Å²) in [5.41, 5.74) is 3.07. The molecule has 3 aromatic rings. The zero-order valence-electron chi connectivity index (χ0n) is 18.8. The number of aryl methyl sites for hydroxylation is 2. The highest BCUT2D eigenvalue weighted by Gasteiger charge is 2.47. The third-order valence-corrected chi connectivity index (χ3v) is 5.65. The van der Waals surface area contributed by atoms with Crippen molar-refractivity contribution in [1.29, 1.82) is 0 Å². The first kappa shape index (κ1) is 22.1. The van der Waals surface area contributed by atoms with Gasteiger partial charge < -0.3 is 14.6 Å². The number of hydrogen-bond donors (Lipinski definition) is 1. The summed E-state index contributed by atoms with van der Waals surface area (Å²) in [6.07, 6.45) is 3.18. The van der Waals surface area contributed by atoms with Crippen molar-refractivity contribution in [2.45, 2.75) is 19.9 Å². The SMILES string of the molecule is COc1cccc(N2C(=O)C(=O)/C(=C(/O)c3cc(C)cc(C)c3OC)C2c2cccnc2)c1. The third kappa shape index (κ3) is 3.82. The van der Waals surface area contributed by atoms with Crippen molar-refractivity contribution in [2.75, 3.05) is 19.1 Å². The summed E-state index contributed by atoms with van der Waals surface area (Å²) in [4.78, 5) is 32.1. The Bertz CT molecular complexity index is 1270. The quantitative estimate of drug-likeness (QED) is 0.358. The van der Waals surface area contributed by atoms with Crippen LogP contribution in [0.2, 0.25) is 0 Å². The first-order valence-electron chi connectivity index (χ1n) is 10.4. The van der Waals surface area contributed by atoms with Gasteiger partial charge in [-0.1, -0.05) is 18.2 Å². The lowest BCUT2D eigenvalue weighted by molar-refractivity contribution is -0.132. The molecule has 1 aliphatic rings. The van der Waals surface area contributed by atoms with Crippen LogP contribution in [-0.4, -0.2) is 36.0 Å². The molecule has 1 amide bonds. The number of ether oxygens (including phenoxy) is 2. The predicted molar refractivity (Wildman–Crippen MR) is 124 cm³/mol. The molecule has 0 radical (unpaired) electrons. The van der Waals surface area contributed by atoms with Crippen molar-refractivity contribution in [3.05, 3.63) is 88.8 Å². The molecule has 1 saturated heterocycles. The Kier molecular flexibility index (Phi) is 5.87. The number of aliphatic hydroxyl groups excluding tert-OH is 1. The van der Waals surface area contributed by atoms with Crippen molar-refractivity contribution in [1.82, 2.24) is 4.98 Å². The first-order valence-corrected chi connectivity index (χ1v) is 10.4. The number of carbonyl (C=O) groups excluding carboxylic acids is 2. The van der Waals surface area contributed by atoms with Crippen molar-refractivity contribution >= 4 is 23.1 Å². The highest BCUT2D eigenvalue weighted by atomic mass is 16.5. The normalized spacial score (nSPS) is 17.3. The molecular weight excluding hydrogens is 420 g/mol. The summed E-state index contributed by atoms with van der Waals surface area (Å²) in [7, 11) is 3.03. The number of Topliss-reactive ketones (excluding diaryl/α,β-unsaturated/α-hetero) is 1. The van der Waals surface area contributed by atoms with Gasteiger partial charge in [0, 0.05) is 24.1 Å². The lowest BCUT2D eigenvalue weighted by atomic mass is 9.94. The van der Waals surface area contributed by atoms with E-state index in [1.165, 1.54) is 19.1 Å². The Hall–Kier alpha value is -4.13. The maximum absolute atomic E-state index is 13.3. The van der Waals surface area contributed by atoms with Gasteiger partial charge in [-0.15, -0.1) is 0 Å². The second kappa shape index (κ2) is 8.78. The molecule has 0 bridgehead atoms. The van der Waals surface area contributed by atoms with Crippen LogP contribution in [0.4, 0.5) is 5.69 Å². The summed E-state index contributed by atoms with van der Waals surface area (Å²) in [6.45, 7) is 3.74. The minimum Gasteiger partial charge on any atom is -0.507 e. The second-order valence-electron chi connectivity index (χ2n) is 7.82. The van der Waals surface area contributed by atoms with Gasteiger partial charge in [0.2, 0.25) is 0 Å². The Balaban J connectivity index is 2.00. The Morgan fingerprint density at radius 2 is 1.82 bits per heavy atom. The highest BCUT2D eigenvalue weighted by molar-refractivity contribution is 6.51. The smallest absolute Gasteiger partial charge is 0.300 e.